The number of para-hydroxylation sites is 4. The molecule has 0 saturated heterocycles. The van der Waals surface area contributed by atoms with Gasteiger partial charge >= 0.3 is 0 Å². The fourth-order valence-electron chi connectivity index (χ4n) is 15.5. The third-order valence-electron chi connectivity index (χ3n) is 18.9. The first-order valence-electron chi connectivity index (χ1n) is 28.4. The summed E-state index contributed by atoms with van der Waals surface area (Å²) in [6, 6.07) is 83.2. The first kappa shape index (κ1) is 44.6. The summed E-state index contributed by atoms with van der Waals surface area (Å²) < 4.78 is 15.4. The number of rotatable bonds is 2. The molecule has 0 radical (unpaired) electrons. The number of aromatic nitrogens is 3. The smallest absolute Gasteiger partial charge is 0.256 e. The Balaban J connectivity index is 1.01. The average molecular weight is 1020 g/mol. The molecule has 0 unspecified atom stereocenters. The maximum Gasteiger partial charge on any atom is 0.256 e. The number of hydrogen-bond acceptors (Lipinski definition) is 1. The largest absolute Gasteiger partial charge is 0.458 e. The van der Waals surface area contributed by atoms with Gasteiger partial charge in [0.15, 0.2) is 0 Å². The zero-order valence-corrected chi connectivity index (χ0v) is 45.6. The predicted octanol–water partition coefficient (Wildman–Crippen LogP) is 16.9. The lowest BCUT2D eigenvalue weighted by Gasteiger charge is -2.35. The Bertz CT molecular complexity index is 5010. The van der Waals surface area contributed by atoms with Crippen molar-refractivity contribution >= 4 is 88.5 Å². The van der Waals surface area contributed by atoms with Gasteiger partial charge in [0.2, 0.25) is 0 Å². The summed E-state index contributed by atoms with van der Waals surface area (Å²) >= 11 is 0. The SMILES string of the molecule is CC(C)(C)c1cc(-n2c3ccccc3c3cc4c5c(c6ccccc6n5-c5cc(-n6c7ccccc7c7ccccc76)cc6c5B4c4cc5c(cc4O6)C4(c6ccccc6-c6ccccc64)c4ccccc4-5)c32)cc(C(C)(C)C)c1. The zero-order chi connectivity index (χ0) is 53.3. The molecule has 0 fully saturated rings. The molecule has 0 saturated carbocycles. The van der Waals surface area contributed by atoms with Crippen LogP contribution in [0.25, 0.3) is 105 Å². The highest BCUT2D eigenvalue weighted by atomic mass is 16.5. The Morgan fingerprint density at radius 1 is 0.362 bits per heavy atom. The van der Waals surface area contributed by atoms with Crippen LogP contribution in [0.2, 0.25) is 0 Å². The third-order valence-corrected chi connectivity index (χ3v) is 18.9. The van der Waals surface area contributed by atoms with Gasteiger partial charge < -0.3 is 18.4 Å². The van der Waals surface area contributed by atoms with Gasteiger partial charge in [-0.3, -0.25) is 0 Å². The van der Waals surface area contributed by atoms with E-state index in [0.29, 0.717) is 0 Å². The molecule has 1 spiro atoms. The van der Waals surface area contributed by atoms with E-state index in [1.54, 1.807) is 0 Å². The number of ether oxygens (including phenoxy) is 1. The van der Waals surface area contributed by atoms with Crippen LogP contribution in [-0.2, 0) is 16.2 Å². The minimum absolute atomic E-state index is 0.0646. The fraction of sp³-hybridized carbons (Fsp3) is 0.120. The van der Waals surface area contributed by atoms with E-state index in [0.717, 1.165) is 22.9 Å². The zero-order valence-electron chi connectivity index (χ0n) is 45.6. The van der Waals surface area contributed by atoms with Crippen LogP contribution in [0.15, 0.2) is 218 Å². The van der Waals surface area contributed by atoms with Crippen LogP contribution in [0.5, 0.6) is 11.5 Å². The molecule has 14 aromatic rings. The Kier molecular flexibility index (Phi) is 8.41. The molecule has 0 amide bonds. The van der Waals surface area contributed by atoms with E-state index < -0.39 is 5.41 Å². The van der Waals surface area contributed by atoms with Gasteiger partial charge in [0.1, 0.15) is 11.5 Å². The normalized spacial score (nSPS) is 14.3. The molecule has 2 aliphatic heterocycles. The first-order valence-corrected chi connectivity index (χ1v) is 28.4. The van der Waals surface area contributed by atoms with Crippen molar-refractivity contribution < 1.29 is 4.74 Å². The van der Waals surface area contributed by atoms with Crippen LogP contribution < -0.4 is 21.1 Å². The van der Waals surface area contributed by atoms with E-state index >= 15 is 0 Å². The van der Waals surface area contributed by atoms with Crippen molar-refractivity contribution in [1.82, 2.24) is 13.7 Å². The van der Waals surface area contributed by atoms with Crippen LogP contribution in [0, 0.1) is 0 Å². The number of fused-ring (bicyclic) bond motifs is 24. The lowest BCUT2D eigenvalue weighted by molar-refractivity contribution is 0.486. The molecule has 4 aliphatic rings. The highest BCUT2D eigenvalue weighted by Crippen LogP contribution is 2.63. The predicted molar refractivity (Wildman–Crippen MR) is 334 cm³/mol. The molecule has 11 aromatic carbocycles. The summed E-state index contributed by atoms with van der Waals surface area (Å²) in [5, 5.41) is 7.48. The topological polar surface area (TPSA) is 24.0 Å². The Morgan fingerprint density at radius 3 is 1.41 bits per heavy atom. The minimum Gasteiger partial charge on any atom is -0.458 e. The van der Waals surface area contributed by atoms with Crippen LogP contribution >= 0.6 is 0 Å². The fourth-order valence-corrected chi connectivity index (χ4v) is 15.5. The molecular formula is C75H54BN3O. The first-order chi connectivity index (χ1) is 39.0. The standard InChI is InChI=1S/C75H54BN3O/c1-73(2,3)43-35-44(74(4,5)6)37-45(36-43)78-64-33-19-12-26-52(64)55-41-61-72-69(71(55)78)53-27-13-20-34-65(53)79(72)66-38-46(77-62-31-17-10-24-50(62)51-25-11-18-32-63(51)77)39-68-70(66)76(61)60-40-54-49-23-9-16-30-58(49)75(59(54)42-67(60)80-68)56-28-14-7-21-47(56)48-22-8-15-29-57(48)75/h7-42H,1-6H3. The van der Waals surface area contributed by atoms with Crippen molar-refractivity contribution in [3.05, 3.63) is 252 Å². The number of hydrogen-bond donors (Lipinski definition) is 0. The van der Waals surface area contributed by atoms with Crippen LogP contribution in [0.1, 0.15) is 74.9 Å². The Morgan fingerprint density at radius 2 is 0.838 bits per heavy atom. The van der Waals surface area contributed by atoms with Gasteiger partial charge in [-0.15, -0.1) is 0 Å². The van der Waals surface area contributed by atoms with E-state index in [-0.39, 0.29) is 17.5 Å². The van der Waals surface area contributed by atoms with Crippen molar-refractivity contribution in [3.63, 3.8) is 0 Å². The van der Waals surface area contributed by atoms with Crippen molar-refractivity contribution in [2.75, 3.05) is 0 Å². The monoisotopic (exact) mass is 1020 g/mol. The molecule has 2 aliphatic carbocycles. The number of benzene rings is 11. The summed E-state index contributed by atoms with van der Waals surface area (Å²) in [5.41, 5.74) is 26.7. The molecule has 5 heterocycles. The summed E-state index contributed by atoms with van der Waals surface area (Å²) in [6.45, 7) is 13.9. The highest BCUT2D eigenvalue weighted by molar-refractivity contribution is 6.99. The van der Waals surface area contributed by atoms with Gasteiger partial charge in [-0.1, -0.05) is 205 Å². The quantitative estimate of drug-likeness (QED) is 0.158. The van der Waals surface area contributed by atoms with Gasteiger partial charge in [-0.05, 0) is 131 Å². The summed E-state index contributed by atoms with van der Waals surface area (Å²) in [5.74, 6) is 1.80. The van der Waals surface area contributed by atoms with Crippen LogP contribution in [0.4, 0.5) is 0 Å². The molecule has 3 aromatic heterocycles. The van der Waals surface area contributed by atoms with Gasteiger partial charge in [-0.25, -0.2) is 0 Å². The second-order valence-corrected chi connectivity index (χ2v) is 25.2. The molecule has 4 nitrogen and oxygen atoms in total. The van der Waals surface area contributed by atoms with E-state index in [9.17, 15) is 0 Å². The lowest BCUT2D eigenvalue weighted by atomic mass is 9.34. The third kappa shape index (κ3) is 5.48. The van der Waals surface area contributed by atoms with Crippen molar-refractivity contribution in [2.45, 2.75) is 57.8 Å². The van der Waals surface area contributed by atoms with Crippen LogP contribution in [0.3, 0.4) is 0 Å². The number of nitrogens with zero attached hydrogens (tertiary/aromatic N) is 3. The van der Waals surface area contributed by atoms with E-state index in [1.165, 1.54) is 143 Å². The molecule has 80 heavy (non-hydrogen) atoms. The summed E-state index contributed by atoms with van der Waals surface area (Å²) in [4.78, 5) is 0. The van der Waals surface area contributed by atoms with E-state index in [1.807, 2.05) is 0 Å². The Labute approximate surface area is 464 Å². The molecule has 0 N–H and O–H groups in total. The summed E-state index contributed by atoms with van der Waals surface area (Å²) in [6.07, 6.45) is 0. The highest BCUT2D eigenvalue weighted by Gasteiger charge is 2.53. The lowest BCUT2D eigenvalue weighted by Crippen LogP contribution is -2.58. The molecule has 378 valence electrons. The van der Waals surface area contributed by atoms with Gasteiger partial charge in [0.25, 0.3) is 6.71 Å². The molecule has 5 heteroatoms. The van der Waals surface area contributed by atoms with Crippen molar-refractivity contribution in [2.24, 2.45) is 0 Å². The van der Waals surface area contributed by atoms with Gasteiger partial charge in [0.05, 0.1) is 44.2 Å². The second kappa shape index (κ2) is 15.1. The van der Waals surface area contributed by atoms with Crippen LogP contribution in [-0.4, -0.2) is 20.4 Å². The van der Waals surface area contributed by atoms with Gasteiger partial charge in [-0.2, -0.15) is 0 Å². The van der Waals surface area contributed by atoms with Crippen molar-refractivity contribution in [3.8, 4) is 50.8 Å². The average Bonchev–Trinajstić information content (AvgIpc) is 2.38. The molecule has 0 bridgehead atoms. The van der Waals surface area contributed by atoms with E-state index in [2.05, 4.69) is 274 Å². The van der Waals surface area contributed by atoms with E-state index in [4.69, 9.17) is 4.74 Å². The maximum atomic E-state index is 7.76. The summed E-state index contributed by atoms with van der Waals surface area (Å²) in [7, 11) is 0. The second-order valence-electron chi connectivity index (χ2n) is 25.2. The maximum absolute atomic E-state index is 7.76. The minimum atomic E-state index is -0.516. The molecular weight excluding hydrogens is 970 g/mol. The van der Waals surface area contributed by atoms with Gasteiger partial charge in [0, 0.05) is 49.8 Å². The molecule has 0 atom stereocenters. The molecule has 18 rings (SSSR count). The Hall–Kier alpha value is -9.32. The van der Waals surface area contributed by atoms with Crippen molar-refractivity contribution in [1.29, 1.82) is 0 Å².